The second-order valence-corrected chi connectivity index (χ2v) is 2.64. The molecular formula is C7H10ClN3. The van der Waals surface area contributed by atoms with Crippen molar-refractivity contribution in [2.24, 2.45) is 11.5 Å². The molecule has 0 amide bonds. The minimum atomic E-state index is -0.143. The van der Waals surface area contributed by atoms with Crippen LogP contribution in [0.1, 0.15) is 11.6 Å². The molecule has 1 aromatic rings. The normalized spacial score (nSPS) is 13.0. The van der Waals surface area contributed by atoms with Crippen LogP contribution in [-0.2, 0) is 0 Å². The Morgan fingerprint density at radius 1 is 1.64 bits per heavy atom. The van der Waals surface area contributed by atoms with Crippen molar-refractivity contribution in [3.63, 3.8) is 0 Å². The second kappa shape index (κ2) is 3.67. The van der Waals surface area contributed by atoms with Crippen molar-refractivity contribution in [1.29, 1.82) is 0 Å². The first-order valence-electron chi connectivity index (χ1n) is 3.31. The molecule has 60 valence electrons. The molecule has 0 saturated heterocycles. The number of hydrogen-bond donors (Lipinski definition) is 2. The van der Waals surface area contributed by atoms with Crippen LogP contribution in [0.5, 0.6) is 0 Å². The fourth-order valence-corrected chi connectivity index (χ4v) is 0.966. The Hall–Kier alpha value is -0.640. The predicted octanol–water partition coefficient (Wildman–Crippen LogP) is 0.694. The highest BCUT2D eigenvalue weighted by Crippen LogP contribution is 2.12. The van der Waals surface area contributed by atoms with Crippen molar-refractivity contribution < 1.29 is 0 Å². The maximum Gasteiger partial charge on any atom is 0.129 e. The largest absolute Gasteiger partial charge is 0.329 e. The lowest BCUT2D eigenvalue weighted by atomic mass is 10.1. The molecule has 0 radical (unpaired) electrons. The van der Waals surface area contributed by atoms with E-state index >= 15 is 0 Å². The highest BCUT2D eigenvalue weighted by atomic mass is 35.5. The van der Waals surface area contributed by atoms with Gasteiger partial charge in [-0.3, -0.25) is 0 Å². The van der Waals surface area contributed by atoms with E-state index in [1.807, 2.05) is 6.07 Å². The van der Waals surface area contributed by atoms with Gasteiger partial charge in [0.05, 0.1) is 0 Å². The molecule has 1 rings (SSSR count). The van der Waals surface area contributed by atoms with Gasteiger partial charge in [0.15, 0.2) is 0 Å². The molecule has 1 heterocycles. The van der Waals surface area contributed by atoms with E-state index in [2.05, 4.69) is 4.98 Å². The average Bonchev–Trinajstić information content (AvgIpc) is 2.03. The Kier molecular flexibility index (Phi) is 2.82. The lowest BCUT2D eigenvalue weighted by molar-refractivity contribution is 0.735. The summed E-state index contributed by atoms with van der Waals surface area (Å²) >= 11 is 5.64. The quantitative estimate of drug-likeness (QED) is 0.644. The Balaban J connectivity index is 2.86. The first-order chi connectivity index (χ1) is 5.24. The minimum absolute atomic E-state index is 0.143. The van der Waals surface area contributed by atoms with E-state index in [0.29, 0.717) is 11.7 Å². The summed E-state index contributed by atoms with van der Waals surface area (Å²) in [7, 11) is 0. The van der Waals surface area contributed by atoms with Gasteiger partial charge < -0.3 is 11.5 Å². The lowest BCUT2D eigenvalue weighted by Crippen LogP contribution is -2.20. The van der Waals surface area contributed by atoms with Gasteiger partial charge in [-0.05, 0) is 17.7 Å². The van der Waals surface area contributed by atoms with Crippen LogP contribution in [0.15, 0.2) is 18.3 Å². The number of nitrogens with two attached hydrogens (primary N) is 2. The number of rotatable bonds is 2. The summed E-state index contributed by atoms with van der Waals surface area (Å²) in [6.07, 6.45) is 1.62. The molecule has 1 aromatic heterocycles. The van der Waals surface area contributed by atoms with Crippen LogP contribution in [-0.4, -0.2) is 11.5 Å². The van der Waals surface area contributed by atoms with Crippen molar-refractivity contribution in [2.75, 3.05) is 6.54 Å². The molecule has 11 heavy (non-hydrogen) atoms. The molecule has 0 saturated carbocycles. The van der Waals surface area contributed by atoms with Gasteiger partial charge in [-0.1, -0.05) is 11.6 Å². The van der Waals surface area contributed by atoms with Crippen molar-refractivity contribution >= 4 is 11.6 Å². The molecule has 0 aliphatic rings. The molecule has 3 nitrogen and oxygen atoms in total. The number of aromatic nitrogens is 1. The van der Waals surface area contributed by atoms with Crippen LogP contribution in [0.4, 0.5) is 0 Å². The molecule has 0 fully saturated rings. The Morgan fingerprint density at radius 2 is 2.36 bits per heavy atom. The minimum Gasteiger partial charge on any atom is -0.329 e. The molecule has 0 bridgehead atoms. The molecule has 4 N–H and O–H groups in total. The van der Waals surface area contributed by atoms with Gasteiger partial charge in [0, 0.05) is 18.8 Å². The zero-order valence-corrected chi connectivity index (χ0v) is 6.75. The summed E-state index contributed by atoms with van der Waals surface area (Å²) in [4.78, 5) is 3.83. The third-order valence-electron chi connectivity index (χ3n) is 1.43. The summed E-state index contributed by atoms with van der Waals surface area (Å²) in [6.45, 7) is 0.417. The zero-order chi connectivity index (χ0) is 8.27. The SMILES string of the molecule is NC[C@@H](N)c1ccnc(Cl)c1. The van der Waals surface area contributed by atoms with Crippen LogP contribution in [0, 0.1) is 0 Å². The Bertz CT molecular complexity index is 239. The van der Waals surface area contributed by atoms with Gasteiger partial charge in [-0.25, -0.2) is 4.98 Å². The zero-order valence-electron chi connectivity index (χ0n) is 6.00. The molecule has 0 unspecified atom stereocenters. The van der Waals surface area contributed by atoms with Gasteiger partial charge in [-0.2, -0.15) is 0 Å². The predicted molar refractivity (Wildman–Crippen MR) is 45.2 cm³/mol. The van der Waals surface area contributed by atoms with E-state index in [1.165, 1.54) is 0 Å². The van der Waals surface area contributed by atoms with E-state index in [4.69, 9.17) is 23.1 Å². The summed E-state index contributed by atoms with van der Waals surface area (Å²) in [6, 6.07) is 3.39. The molecule has 1 atom stereocenters. The van der Waals surface area contributed by atoms with Gasteiger partial charge in [0.25, 0.3) is 0 Å². The second-order valence-electron chi connectivity index (χ2n) is 2.25. The van der Waals surface area contributed by atoms with E-state index in [-0.39, 0.29) is 6.04 Å². The maximum absolute atomic E-state index is 5.65. The molecular weight excluding hydrogens is 162 g/mol. The van der Waals surface area contributed by atoms with Crippen molar-refractivity contribution in [2.45, 2.75) is 6.04 Å². The Morgan fingerprint density at radius 3 is 2.91 bits per heavy atom. The number of hydrogen-bond acceptors (Lipinski definition) is 3. The number of halogens is 1. The van der Waals surface area contributed by atoms with Crippen molar-refractivity contribution in [3.05, 3.63) is 29.0 Å². The summed E-state index contributed by atoms with van der Waals surface area (Å²) in [5.41, 5.74) is 11.9. The summed E-state index contributed by atoms with van der Waals surface area (Å²) in [5.74, 6) is 0. The topological polar surface area (TPSA) is 64.9 Å². The van der Waals surface area contributed by atoms with Crippen molar-refractivity contribution in [3.8, 4) is 0 Å². The van der Waals surface area contributed by atoms with Crippen LogP contribution < -0.4 is 11.5 Å². The van der Waals surface area contributed by atoms with Gasteiger partial charge >= 0.3 is 0 Å². The summed E-state index contributed by atoms with van der Waals surface area (Å²) < 4.78 is 0. The standard InChI is InChI=1S/C7H10ClN3/c8-7-3-5(1-2-11-7)6(10)4-9/h1-3,6H,4,9-10H2/t6-/m1/s1. The van der Waals surface area contributed by atoms with Crippen LogP contribution >= 0.6 is 11.6 Å². The van der Waals surface area contributed by atoms with Gasteiger partial charge in [0.1, 0.15) is 5.15 Å². The van der Waals surface area contributed by atoms with Gasteiger partial charge in [-0.15, -0.1) is 0 Å². The Labute approximate surface area is 70.4 Å². The number of nitrogens with zero attached hydrogens (tertiary/aromatic N) is 1. The third-order valence-corrected chi connectivity index (χ3v) is 1.64. The summed E-state index contributed by atoms with van der Waals surface area (Å²) in [5, 5.41) is 0.450. The molecule has 0 aliphatic heterocycles. The maximum atomic E-state index is 5.65. The van der Waals surface area contributed by atoms with Crippen LogP contribution in [0.25, 0.3) is 0 Å². The fraction of sp³-hybridized carbons (Fsp3) is 0.286. The van der Waals surface area contributed by atoms with E-state index in [0.717, 1.165) is 5.56 Å². The van der Waals surface area contributed by atoms with Crippen LogP contribution in [0.2, 0.25) is 5.15 Å². The molecule has 0 aromatic carbocycles. The number of pyridine rings is 1. The third kappa shape index (κ3) is 2.15. The molecule has 0 spiro atoms. The van der Waals surface area contributed by atoms with Crippen molar-refractivity contribution in [1.82, 2.24) is 4.98 Å². The van der Waals surface area contributed by atoms with E-state index in [9.17, 15) is 0 Å². The molecule has 4 heteroatoms. The van der Waals surface area contributed by atoms with Crippen LogP contribution in [0.3, 0.4) is 0 Å². The van der Waals surface area contributed by atoms with E-state index < -0.39 is 0 Å². The smallest absolute Gasteiger partial charge is 0.129 e. The lowest BCUT2D eigenvalue weighted by Gasteiger charge is -2.07. The first-order valence-corrected chi connectivity index (χ1v) is 3.69. The first kappa shape index (κ1) is 8.46. The highest BCUT2D eigenvalue weighted by Gasteiger charge is 2.02. The van der Waals surface area contributed by atoms with E-state index in [1.54, 1.807) is 12.3 Å². The fourth-order valence-electron chi connectivity index (χ4n) is 0.784. The average molecular weight is 172 g/mol. The monoisotopic (exact) mass is 171 g/mol. The molecule has 0 aliphatic carbocycles. The highest BCUT2D eigenvalue weighted by molar-refractivity contribution is 6.29. The van der Waals surface area contributed by atoms with Gasteiger partial charge in [0.2, 0.25) is 0 Å².